The molecule has 2 aliphatic rings. The summed E-state index contributed by atoms with van der Waals surface area (Å²) in [5.41, 5.74) is 2.16. The van der Waals surface area contributed by atoms with Crippen LogP contribution in [0, 0.1) is 25.2 Å². The van der Waals surface area contributed by atoms with Gasteiger partial charge in [-0.3, -0.25) is 14.5 Å². The third kappa shape index (κ3) is 4.31. The van der Waals surface area contributed by atoms with Gasteiger partial charge in [-0.2, -0.15) is 0 Å². The molecule has 1 spiro atoms. The molecule has 4 amide bonds. The Hall–Kier alpha value is -2.37. The van der Waals surface area contributed by atoms with Crippen molar-refractivity contribution in [2.24, 2.45) is 11.3 Å². The second-order valence-electron chi connectivity index (χ2n) is 9.44. The van der Waals surface area contributed by atoms with Crippen LogP contribution in [0.5, 0.6) is 0 Å². The zero-order valence-corrected chi connectivity index (χ0v) is 18.2. The first-order valence-electron chi connectivity index (χ1n) is 10.6. The quantitative estimate of drug-likeness (QED) is 0.730. The normalized spacial score (nSPS) is 24.7. The molecule has 1 aromatic rings. The summed E-state index contributed by atoms with van der Waals surface area (Å²) in [7, 11) is 0. The van der Waals surface area contributed by atoms with E-state index in [4.69, 9.17) is 0 Å². The Balaban J connectivity index is 1.64. The number of anilines is 1. The molecule has 2 fully saturated rings. The predicted octanol–water partition coefficient (Wildman–Crippen LogP) is 4.16. The van der Waals surface area contributed by atoms with Crippen LogP contribution in [-0.2, 0) is 9.59 Å². The second kappa shape index (κ2) is 7.81. The maximum absolute atomic E-state index is 13.1. The largest absolute Gasteiger partial charge is 0.325 e. The number of imide groups is 1. The standard InChI is InChI=1S/C23H33N3O3/c1-6-22(4,5)17-7-9-23(10-8-17)20(28)26(21(29)25-23)14-19(27)24-18-12-15(2)11-16(3)13-18/h11-13,17H,6-10,14H2,1-5H3,(H,24,27)(H,25,29). The van der Waals surface area contributed by atoms with Gasteiger partial charge in [-0.1, -0.05) is 33.3 Å². The minimum absolute atomic E-state index is 0.235. The van der Waals surface area contributed by atoms with E-state index in [9.17, 15) is 14.4 Å². The van der Waals surface area contributed by atoms with Crippen molar-refractivity contribution >= 4 is 23.5 Å². The molecule has 0 bridgehead atoms. The van der Waals surface area contributed by atoms with Crippen molar-refractivity contribution in [3.8, 4) is 0 Å². The van der Waals surface area contributed by atoms with Crippen LogP contribution in [-0.4, -0.2) is 34.8 Å². The fourth-order valence-corrected chi connectivity index (χ4v) is 4.73. The number of nitrogens with one attached hydrogen (secondary N) is 2. The van der Waals surface area contributed by atoms with E-state index in [1.54, 1.807) is 0 Å². The topological polar surface area (TPSA) is 78.5 Å². The number of nitrogens with zero attached hydrogens (tertiary/aromatic N) is 1. The van der Waals surface area contributed by atoms with E-state index in [0.717, 1.165) is 35.3 Å². The van der Waals surface area contributed by atoms with Gasteiger partial charge < -0.3 is 10.6 Å². The van der Waals surface area contributed by atoms with E-state index in [1.165, 1.54) is 0 Å². The average Bonchev–Trinajstić information content (AvgIpc) is 2.85. The molecule has 29 heavy (non-hydrogen) atoms. The molecule has 158 valence electrons. The van der Waals surface area contributed by atoms with Crippen molar-refractivity contribution in [1.82, 2.24) is 10.2 Å². The third-order valence-electron chi connectivity index (χ3n) is 6.91. The van der Waals surface area contributed by atoms with Gasteiger partial charge in [0, 0.05) is 5.69 Å². The molecule has 1 aliphatic carbocycles. The summed E-state index contributed by atoms with van der Waals surface area (Å²) in [5, 5.41) is 5.71. The highest BCUT2D eigenvalue weighted by Crippen LogP contribution is 2.45. The summed E-state index contributed by atoms with van der Waals surface area (Å²) in [5.74, 6) is -0.0769. The molecule has 0 atom stereocenters. The van der Waals surface area contributed by atoms with E-state index in [0.29, 0.717) is 24.4 Å². The molecule has 6 heteroatoms. The molecule has 0 aromatic heterocycles. The highest BCUT2D eigenvalue weighted by atomic mass is 16.2. The summed E-state index contributed by atoms with van der Waals surface area (Å²) >= 11 is 0. The summed E-state index contributed by atoms with van der Waals surface area (Å²) in [6.45, 7) is 10.4. The summed E-state index contributed by atoms with van der Waals surface area (Å²) < 4.78 is 0. The molecule has 3 rings (SSSR count). The second-order valence-corrected chi connectivity index (χ2v) is 9.44. The number of carbonyl (C=O) groups excluding carboxylic acids is 3. The lowest BCUT2D eigenvalue weighted by molar-refractivity contribution is -0.135. The van der Waals surface area contributed by atoms with Gasteiger partial charge in [-0.05, 0) is 74.1 Å². The Morgan fingerprint density at radius 1 is 1.17 bits per heavy atom. The number of rotatable bonds is 5. The van der Waals surface area contributed by atoms with Gasteiger partial charge in [0.25, 0.3) is 5.91 Å². The fraction of sp³-hybridized carbons (Fsp3) is 0.609. The van der Waals surface area contributed by atoms with E-state index in [2.05, 4.69) is 31.4 Å². The Labute approximate surface area is 173 Å². The first-order chi connectivity index (χ1) is 13.6. The highest BCUT2D eigenvalue weighted by molar-refractivity contribution is 6.10. The molecule has 0 unspecified atom stereocenters. The molecule has 6 nitrogen and oxygen atoms in total. The van der Waals surface area contributed by atoms with Crippen LogP contribution in [0.1, 0.15) is 64.0 Å². The first-order valence-corrected chi connectivity index (χ1v) is 10.6. The minimum Gasteiger partial charge on any atom is -0.325 e. The summed E-state index contributed by atoms with van der Waals surface area (Å²) in [4.78, 5) is 39.1. The van der Waals surface area contributed by atoms with Crippen LogP contribution in [0.25, 0.3) is 0 Å². The first kappa shape index (κ1) is 21.3. The van der Waals surface area contributed by atoms with E-state index in [-0.39, 0.29) is 23.8 Å². The Kier molecular flexibility index (Phi) is 5.74. The molecule has 1 saturated carbocycles. The number of amides is 4. The van der Waals surface area contributed by atoms with Gasteiger partial charge in [0.1, 0.15) is 12.1 Å². The lowest BCUT2D eigenvalue weighted by Crippen LogP contribution is -2.51. The van der Waals surface area contributed by atoms with Crippen molar-refractivity contribution in [2.45, 2.75) is 72.3 Å². The van der Waals surface area contributed by atoms with Gasteiger partial charge in [-0.15, -0.1) is 0 Å². The van der Waals surface area contributed by atoms with Crippen LogP contribution < -0.4 is 10.6 Å². The number of carbonyl (C=O) groups is 3. The van der Waals surface area contributed by atoms with E-state index in [1.807, 2.05) is 32.0 Å². The van der Waals surface area contributed by atoms with Gasteiger partial charge in [-0.25, -0.2) is 4.79 Å². The van der Waals surface area contributed by atoms with Crippen LogP contribution in [0.3, 0.4) is 0 Å². The maximum Gasteiger partial charge on any atom is 0.325 e. The SMILES string of the molecule is CCC(C)(C)C1CCC2(CC1)NC(=O)N(CC(=O)Nc1cc(C)cc(C)c1)C2=O. The van der Waals surface area contributed by atoms with Crippen LogP contribution in [0.4, 0.5) is 10.5 Å². The van der Waals surface area contributed by atoms with Gasteiger partial charge in [0.15, 0.2) is 0 Å². The third-order valence-corrected chi connectivity index (χ3v) is 6.91. The highest BCUT2D eigenvalue weighted by Gasteiger charge is 2.53. The fourth-order valence-electron chi connectivity index (χ4n) is 4.73. The average molecular weight is 400 g/mol. The van der Waals surface area contributed by atoms with Crippen molar-refractivity contribution in [1.29, 1.82) is 0 Å². The van der Waals surface area contributed by atoms with Crippen molar-refractivity contribution in [2.75, 3.05) is 11.9 Å². The van der Waals surface area contributed by atoms with Crippen molar-refractivity contribution in [3.63, 3.8) is 0 Å². The smallest absolute Gasteiger partial charge is 0.325 e. The molecule has 2 N–H and O–H groups in total. The van der Waals surface area contributed by atoms with Crippen LogP contribution in [0.2, 0.25) is 0 Å². The lowest BCUT2D eigenvalue weighted by Gasteiger charge is -2.42. The molecule has 1 saturated heterocycles. The monoisotopic (exact) mass is 399 g/mol. The molecular formula is C23H33N3O3. The Bertz CT molecular complexity index is 802. The number of benzene rings is 1. The molecule has 1 aliphatic heterocycles. The van der Waals surface area contributed by atoms with Gasteiger partial charge in [0.05, 0.1) is 0 Å². The Morgan fingerprint density at radius 3 is 2.31 bits per heavy atom. The molecule has 1 aromatic carbocycles. The summed E-state index contributed by atoms with van der Waals surface area (Å²) in [6.07, 6.45) is 4.20. The predicted molar refractivity (Wildman–Crippen MR) is 114 cm³/mol. The summed E-state index contributed by atoms with van der Waals surface area (Å²) in [6, 6.07) is 5.30. The lowest BCUT2D eigenvalue weighted by atomic mass is 9.65. The van der Waals surface area contributed by atoms with Crippen LogP contribution >= 0.6 is 0 Å². The van der Waals surface area contributed by atoms with Crippen LogP contribution in [0.15, 0.2) is 18.2 Å². The molecular weight excluding hydrogens is 366 g/mol. The van der Waals surface area contributed by atoms with Gasteiger partial charge in [0.2, 0.25) is 5.91 Å². The van der Waals surface area contributed by atoms with Crippen molar-refractivity contribution in [3.05, 3.63) is 29.3 Å². The minimum atomic E-state index is -0.836. The van der Waals surface area contributed by atoms with Gasteiger partial charge >= 0.3 is 6.03 Å². The zero-order valence-electron chi connectivity index (χ0n) is 18.2. The molecule has 0 radical (unpaired) electrons. The Morgan fingerprint density at radius 2 is 1.76 bits per heavy atom. The number of hydrogen-bond acceptors (Lipinski definition) is 3. The van der Waals surface area contributed by atoms with E-state index >= 15 is 0 Å². The molecule has 1 heterocycles. The van der Waals surface area contributed by atoms with E-state index < -0.39 is 11.6 Å². The zero-order chi connectivity index (χ0) is 21.4. The number of aryl methyl sites for hydroxylation is 2. The van der Waals surface area contributed by atoms with Crippen molar-refractivity contribution < 1.29 is 14.4 Å². The number of urea groups is 1. The maximum atomic E-state index is 13.1. The number of hydrogen-bond donors (Lipinski definition) is 2.